The number of benzene rings is 1. The van der Waals surface area contributed by atoms with E-state index in [1.165, 1.54) is 12.1 Å². The number of alkyl halides is 3. The molecule has 1 fully saturated rings. The molecule has 1 aromatic carbocycles. The van der Waals surface area contributed by atoms with E-state index in [4.69, 9.17) is 4.74 Å². The fourth-order valence-corrected chi connectivity index (χ4v) is 2.89. The zero-order valence-corrected chi connectivity index (χ0v) is 14.5. The molecule has 0 bridgehead atoms. The normalized spacial score (nSPS) is 16.2. The summed E-state index contributed by atoms with van der Waals surface area (Å²) in [6.07, 6.45) is -3.12. The fraction of sp³-hybridized carbons (Fsp3) is 0.611. The molecule has 4 nitrogen and oxygen atoms in total. The van der Waals surface area contributed by atoms with Crippen LogP contribution in [0, 0.1) is 0 Å². The Morgan fingerprint density at radius 2 is 1.92 bits per heavy atom. The minimum absolute atomic E-state index is 0.124. The van der Waals surface area contributed by atoms with Gasteiger partial charge in [0, 0.05) is 52.4 Å². The van der Waals surface area contributed by atoms with Crippen LogP contribution in [0.4, 0.5) is 13.2 Å². The summed E-state index contributed by atoms with van der Waals surface area (Å²) < 4.78 is 43.5. The van der Waals surface area contributed by atoms with E-state index in [1.807, 2.05) is 11.8 Å². The Kier molecular flexibility index (Phi) is 7.25. The van der Waals surface area contributed by atoms with Gasteiger partial charge in [0.05, 0.1) is 5.56 Å². The molecule has 140 valence electrons. The maximum Gasteiger partial charge on any atom is 0.416 e. The molecular formula is C18H25F3N2O2. The first-order valence-corrected chi connectivity index (χ1v) is 8.64. The van der Waals surface area contributed by atoms with Gasteiger partial charge in [0.25, 0.3) is 0 Å². The first-order valence-electron chi connectivity index (χ1n) is 8.64. The predicted octanol–water partition coefficient (Wildman–Crippen LogP) is 3.17. The highest BCUT2D eigenvalue weighted by Gasteiger charge is 2.30. The van der Waals surface area contributed by atoms with Crippen LogP contribution in [0.2, 0.25) is 0 Å². The van der Waals surface area contributed by atoms with E-state index in [9.17, 15) is 18.0 Å². The third-order valence-electron chi connectivity index (χ3n) is 4.27. The van der Waals surface area contributed by atoms with Crippen molar-refractivity contribution in [1.29, 1.82) is 0 Å². The molecular weight excluding hydrogens is 333 g/mol. The molecule has 7 heteroatoms. The van der Waals surface area contributed by atoms with Crippen molar-refractivity contribution in [3.05, 3.63) is 35.4 Å². The Balaban J connectivity index is 1.78. The summed E-state index contributed by atoms with van der Waals surface area (Å²) in [6, 6.07) is 5.43. The molecule has 1 aromatic rings. The number of ether oxygens (including phenoxy) is 1. The average Bonchev–Trinajstić information content (AvgIpc) is 2.59. The number of hydrogen-bond acceptors (Lipinski definition) is 3. The molecule has 0 N–H and O–H groups in total. The van der Waals surface area contributed by atoms with Gasteiger partial charge in [-0.05, 0) is 25.0 Å². The highest BCUT2D eigenvalue weighted by molar-refractivity contribution is 5.76. The Morgan fingerprint density at radius 3 is 2.56 bits per heavy atom. The molecule has 1 aliphatic heterocycles. The zero-order chi connectivity index (χ0) is 18.3. The smallest absolute Gasteiger partial charge is 0.382 e. The molecule has 0 unspecified atom stereocenters. The van der Waals surface area contributed by atoms with E-state index in [0.717, 1.165) is 12.5 Å². The van der Waals surface area contributed by atoms with Crippen LogP contribution in [0.1, 0.15) is 30.9 Å². The Bertz CT molecular complexity index is 555. The van der Waals surface area contributed by atoms with Crippen molar-refractivity contribution in [3.63, 3.8) is 0 Å². The van der Waals surface area contributed by atoms with Gasteiger partial charge in [-0.2, -0.15) is 13.2 Å². The molecule has 0 saturated carbocycles. The summed E-state index contributed by atoms with van der Waals surface area (Å²) in [4.78, 5) is 16.0. The van der Waals surface area contributed by atoms with Crippen molar-refractivity contribution in [2.45, 2.75) is 32.5 Å². The second-order valence-electron chi connectivity index (χ2n) is 6.16. The number of piperazine rings is 1. The van der Waals surface area contributed by atoms with E-state index in [1.54, 1.807) is 6.07 Å². The zero-order valence-electron chi connectivity index (χ0n) is 14.5. The van der Waals surface area contributed by atoms with Crippen molar-refractivity contribution < 1.29 is 22.7 Å². The van der Waals surface area contributed by atoms with Gasteiger partial charge in [-0.3, -0.25) is 9.69 Å². The van der Waals surface area contributed by atoms with Crippen molar-refractivity contribution in [2.24, 2.45) is 0 Å². The molecule has 1 saturated heterocycles. The standard InChI is InChI=1S/C18H25F3N2O2/c1-2-25-12-4-7-17(24)23-10-8-22(9-11-23)14-15-5-3-6-16(13-15)18(19,20)21/h3,5-6,13H,2,4,7-12,14H2,1H3. The summed E-state index contributed by atoms with van der Waals surface area (Å²) in [5.41, 5.74) is 0.0272. The SMILES string of the molecule is CCOCCCC(=O)N1CCN(Cc2cccc(C(F)(F)F)c2)CC1. The van der Waals surface area contributed by atoms with Crippen LogP contribution >= 0.6 is 0 Å². The second-order valence-corrected chi connectivity index (χ2v) is 6.16. The third kappa shape index (κ3) is 6.32. The van der Waals surface area contributed by atoms with Gasteiger partial charge in [-0.1, -0.05) is 18.2 Å². The summed E-state index contributed by atoms with van der Waals surface area (Å²) in [5.74, 6) is 0.124. The van der Waals surface area contributed by atoms with Gasteiger partial charge in [-0.15, -0.1) is 0 Å². The number of carbonyl (C=O) groups is 1. The Hall–Kier alpha value is -1.60. The minimum atomic E-state index is -4.32. The molecule has 1 amide bonds. The van der Waals surface area contributed by atoms with Crippen LogP contribution in [-0.4, -0.2) is 55.1 Å². The maximum absolute atomic E-state index is 12.8. The molecule has 0 aromatic heterocycles. The lowest BCUT2D eigenvalue weighted by Gasteiger charge is -2.35. The van der Waals surface area contributed by atoms with Crippen LogP contribution in [0.15, 0.2) is 24.3 Å². The van der Waals surface area contributed by atoms with Gasteiger partial charge in [0.1, 0.15) is 0 Å². The van der Waals surface area contributed by atoms with Gasteiger partial charge in [0.2, 0.25) is 5.91 Å². The number of rotatable bonds is 7. The molecule has 0 aliphatic carbocycles. The summed E-state index contributed by atoms with van der Waals surface area (Å²) in [6.45, 7) is 6.22. The highest BCUT2D eigenvalue weighted by Crippen LogP contribution is 2.29. The van der Waals surface area contributed by atoms with E-state index in [0.29, 0.717) is 57.9 Å². The molecule has 25 heavy (non-hydrogen) atoms. The number of hydrogen-bond donors (Lipinski definition) is 0. The van der Waals surface area contributed by atoms with E-state index in [2.05, 4.69) is 4.90 Å². The van der Waals surface area contributed by atoms with E-state index in [-0.39, 0.29) is 5.91 Å². The number of amides is 1. The van der Waals surface area contributed by atoms with Crippen molar-refractivity contribution in [1.82, 2.24) is 9.80 Å². The van der Waals surface area contributed by atoms with Crippen LogP contribution in [0.5, 0.6) is 0 Å². The quantitative estimate of drug-likeness (QED) is 0.702. The maximum atomic E-state index is 12.8. The predicted molar refractivity (Wildman–Crippen MR) is 89.0 cm³/mol. The van der Waals surface area contributed by atoms with Crippen LogP contribution < -0.4 is 0 Å². The average molecular weight is 358 g/mol. The largest absolute Gasteiger partial charge is 0.416 e. The summed E-state index contributed by atoms with van der Waals surface area (Å²) in [5, 5.41) is 0. The second kappa shape index (κ2) is 9.20. The van der Waals surface area contributed by atoms with Crippen molar-refractivity contribution in [2.75, 3.05) is 39.4 Å². The monoisotopic (exact) mass is 358 g/mol. The summed E-state index contributed by atoms with van der Waals surface area (Å²) >= 11 is 0. The fourth-order valence-electron chi connectivity index (χ4n) is 2.89. The summed E-state index contributed by atoms with van der Waals surface area (Å²) in [7, 11) is 0. The van der Waals surface area contributed by atoms with Crippen molar-refractivity contribution >= 4 is 5.91 Å². The van der Waals surface area contributed by atoms with Crippen LogP contribution in [0.25, 0.3) is 0 Å². The molecule has 1 heterocycles. The van der Waals surface area contributed by atoms with Gasteiger partial charge >= 0.3 is 6.18 Å². The topological polar surface area (TPSA) is 32.8 Å². The third-order valence-corrected chi connectivity index (χ3v) is 4.27. The number of carbonyl (C=O) groups excluding carboxylic acids is 1. The van der Waals surface area contributed by atoms with Crippen LogP contribution in [0.3, 0.4) is 0 Å². The van der Waals surface area contributed by atoms with Crippen LogP contribution in [-0.2, 0) is 22.3 Å². The number of halogens is 3. The van der Waals surface area contributed by atoms with E-state index < -0.39 is 11.7 Å². The lowest BCUT2D eigenvalue weighted by Crippen LogP contribution is -2.48. The number of nitrogens with zero attached hydrogens (tertiary/aromatic N) is 2. The molecule has 2 rings (SSSR count). The lowest BCUT2D eigenvalue weighted by atomic mass is 10.1. The lowest BCUT2D eigenvalue weighted by molar-refractivity contribution is -0.137. The molecule has 0 radical (unpaired) electrons. The van der Waals surface area contributed by atoms with Crippen molar-refractivity contribution in [3.8, 4) is 0 Å². The minimum Gasteiger partial charge on any atom is -0.382 e. The Labute approximate surface area is 146 Å². The molecule has 1 aliphatic rings. The first-order chi connectivity index (χ1) is 11.9. The Morgan fingerprint density at radius 1 is 1.20 bits per heavy atom. The molecule has 0 spiro atoms. The van der Waals surface area contributed by atoms with Gasteiger partial charge in [-0.25, -0.2) is 0 Å². The van der Waals surface area contributed by atoms with Gasteiger partial charge in [0.15, 0.2) is 0 Å². The van der Waals surface area contributed by atoms with Gasteiger partial charge < -0.3 is 9.64 Å². The van der Waals surface area contributed by atoms with E-state index >= 15 is 0 Å². The first kappa shape index (κ1) is 19.7. The highest BCUT2D eigenvalue weighted by atomic mass is 19.4. The molecule has 0 atom stereocenters.